The zero-order chi connectivity index (χ0) is 12.3. The number of carbonyl (C=O) groups excluding carboxylic acids is 1. The summed E-state index contributed by atoms with van der Waals surface area (Å²) in [7, 11) is 0. The Bertz CT molecular complexity index is 528. The maximum Gasteiger partial charge on any atom is 0.303 e. The van der Waals surface area contributed by atoms with Gasteiger partial charge >= 0.3 is 5.97 Å². The lowest BCUT2D eigenvalue weighted by atomic mass is 10.4. The van der Waals surface area contributed by atoms with Gasteiger partial charge < -0.3 is 4.74 Å². The standard InChI is InChI=1S/C9H7ClN4O2S/c1-5(15)16-4-8-13-14-9(17-8)6-2-3-7(10)12-11-6/h2-3H,4H2,1H3. The Morgan fingerprint density at radius 1 is 1.35 bits per heavy atom. The molecule has 0 amide bonds. The summed E-state index contributed by atoms with van der Waals surface area (Å²) in [5.74, 6) is -0.354. The van der Waals surface area contributed by atoms with E-state index in [1.807, 2.05) is 0 Å². The van der Waals surface area contributed by atoms with Gasteiger partial charge in [-0.3, -0.25) is 4.79 Å². The highest BCUT2D eigenvalue weighted by molar-refractivity contribution is 7.14. The molecule has 0 saturated heterocycles. The van der Waals surface area contributed by atoms with Crippen molar-refractivity contribution in [1.29, 1.82) is 0 Å². The first-order valence-corrected chi connectivity index (χ1v) is 5.80. The summed E-state index contributed by atoms with van der Waals surface area (Å²) in [6.45, 7) is 1.46. The molecule has 0 unspecified atom stereocenters. The van der Waals surface area contributed by atoms with E-state index >= 15 is 0 Å². The second-order valence-electron chi connectivity index (χ2n) is 3.02. The minimum absolute atomic E-state index is 0.119. The summed E-state index contributed by atoms with van der Waals surface area (Å²) in [6.07, 6.45) is 0. The molecular formula is C9H7ClN4O2S. The van der Waals surface area contributed by atoms with Crippen LogP contribution in [-0.2, 0) is 16.1 Å². The van der Waals surface area contributed by atoms with Crippen molar-refractivity contribution >= 4 is 28.9 Å². The Morgan fingerprint density at radius 3 is 2.82 bits per heavy atom. The van der Waals surface area contributed by atoms with Crippen molar-refractivity contribution in [2.75, 3.05) is 0 Å². The Labute approximate surface area is 106 Å². The zero-order valence-corrected chi connectivity index (χ0v) is 10.3. The summed E-state index contributed by atoms with van der Waals surface area (Å²) in [5, 5.41) is 16.9. The highest BCUT2D eigenvalue weighted by Crippen LogP contribution is 2.21. The molecule has 0 radical (unpaired) electrons. The molecule has 17 heavy (non-hydrogen) atoms. The number of nitrogens with zero attached hydrogens (tertiary/aromatic N) is 4. The number of ether oxygens (including phenoxy) is 1. The van der Waals surface area contributed by atoms with Crippen molar-refractivity contribution in [1.82, 2.24) is 20.4 Å². The molecule has 2 rings (SSSR count). The van der Waals surface area contributed by atoms with Crippen molar-refractivity contribution in [2.45, 2.75) is 13.5 Å². The largest absolute Gasteiger partial charge is 0.458 e. The van der Waals surface area contributed by atoms with Gasteiger partial charge in [-0.15, -0.1) is 20.4 Å². The molecule has 0 saturated carbocycles. The maximum atomic E-state index is 10.6. The molecule has 88 valence electrons. The van der Waals surface area contributed by atoms with Crippen LogP contribution in [0.1, 0.15) is 11.9 Å². The number of hydrogen-bond donors (Lipinski definition) is 0. The second-order valence-corrected chi connectivity index (χ2v) is 4.47. The number of hydrogen-bond acceptors (Lipinski definition) is 7. The van der Waals surface area contributed by atoms with Crippen LogP contribution in [0.25, 0.3) is 10.7 Å². The van der Waals surface area contributed by atoms with Gasteiger partial charge in [-0.05, 0) is 12.1 Å². The molecule has 2 aromatic rings. The van der Waals surface area contributed by atoms with Crippen molar-refractivity contribution in [3.05, 3.63) is 22.3 Å². The fourth-order valence-electron chi connectivity index (χ4n) is 1.01. The average Bonchev–Trinajstić information content (AvgIpc) is 2.76. The van der Waals surface area contributed by atoms with Crippen LogP contribution in [0.4, 0.5) is 0 Å². The summed E-state index contributed by atoms with van der Waals surface area (Å²) in [5.41, 5.74) is 0.584. The van der Waals surface area contributed by atoms with Gasteiger partial charge in [0.25, 0.3) is 0 Å². The minimum atomic E-state index is -0.354. The summed E-state index contributed by atoms with van der Waals surface area (Å²) in [4.78, 5) is 10.6. The Morgan fingerprint density at radius 2 is 2.18 bits per heavy atom. The van der Waals surface area contributed by atoms with Gasteiger partial charge in [0.1, 0.15) is 12.3 Å². The van der Waals surface area contributed by atoms with Gasteiger partial charge in [-0.25, -0.2) is 0 Å². The van der Waals surface area contributed by atoms with Crippen LogP contribution < -0.4 is 0 Å². The lowest BCUT2D eigenvalue weighted by Crippen LogP contribution is -1.97. The molecular weight excluding hydrogens is 264 g/mol. The van der Waals surface area contributed by atoms with Gasteiger partial charge in [-0.2, -0.15) is 0 Å². The molecule has 0 spiro atoms. The van der Waals surface area contributed by atoms with Crippen LogP contribution in [0.15, 0.2) is 12.1 Å². The summed E-state index contributed by atoms with van der Waals surface area (Å²) in [6, 6.07) is 3.32. The smallest absolute Gasteiger partial charge is 0.303 e. The van der Waals surface area contributed by atoms with Crippen LogP contribution in [-0.4, -0.2) is 26.4 Å². The Hall–Kier alpha value is -1.60. The summed E-state index contributed by atoms with van der Waals surface area (Å²) < 4.78 is 4.81. The minimum Gasteiger partial charge on any atom is -0.458 e. The fraction of sp³-hybridized carbons (Fsp3) is 0.222. The molecule has 0 aliphatic carbocycles. The van der Waals surface area contributed by atoms with Crippen LogP contribution >= 0.6 is 22.9 Å². The van der Waals surface area contributed by atoms with E-state index in [1.54, 1.807) is 12.1 Å². The van der Waals surface area contributed by atoms with E-state index in [-0.39, 0.29) is 12.6 Å². The molecule has 0 aromatic carbocycles. The first-order valence-electron chi connectivity index (χ1n) is 4.60. The van der Waals surface area contributed by atoms with E-state index in [1.165, 1.54) is 18.3 Å². The normalized spacial score (nSPS) is 10.2. The molecule has 2 aromatic heterocycles. The molecule has 0 aliphatic heterocycles. The lowest BCUT2D eigenvalue weighted by Gasteiger charge is -1.95. The number of rotatable bonds is 3. The third-order valence-electron chi connectivity index (χ3n) is 1.72. The van der Waals surface area contributed by atoms with E-state index in [2.05, 4.69) is 20.4 Å². The SMILES string of the molecule is CC(=O)OCc1nnc(-c2ccc(Cl)nn2)s1. The van der Waals surface area contributed by atoms with E-state index in [0.29, 0.717) is 20.9 Å². The highest BCUT2D eigenvalue weighted by Gasteiger charge is 2.09. The van der Waals surface area contributed by atoms with Crippen molar-refractivity contribution in [2.24, 2.45) is 0 Å². The second kappa shape index (κ2) is 5.15. The first-order chi connectivity index (χ1) is 8.15. The van der Waals surface area contributed by atoms with Crippen LogP contribution in [0, 0.1) is 0 Å². The van der Waals surface area contributed by atoms with Crippen molar-refractivity contribution < 1.29 is 9.53 Å². The molecule has 2 heterocycles. The predicted octanol–water partition coefficient (Wildman–Crippen LogP) is 1.71. The third kappa shape index (κ3) is 3.18. The van der Waals surface area contributed by atoms with E-state index in [4.69, 9.17) is 16.3 Å². The molecule has 0 bridgehead atoms. The molecule has 6 nitrogen and oxygen atoms in total. The lowest BCUT2D eigenvalue weighted by molar-refractivity contribution is -0.142. The molecule has 0 fully saturated rings. The predicted molar refractivity (Wildman–Crippen MR) is 61.4 cm³/mol. The zero-order valence-electron chi connectivity index (χ0n) is 8.75. The number of carbonyl (C=O) groups is 1. The van der Waals surface area contributed by atoms with E-state index in [0.717, 1.165) is 0 Å². The third-order valence-corrected chi connectivity index (χ3v) is 2.84. The van der Waals surface area contributed by atoms with Gasteiger partial charge in [0.2, 0.25) is 0 Å². The Balaban J connectivity index is 2.12. The van der Waals surface area contributed by atoms with Gasteiger partial charge in [-0.1, -0.05) is 22.9 Å². The molecule has 0 N–H and O–H groups in total. The quantitative estimate of drug-likeness (QED) is 0.790. The first kappa shape index (κ1) is 11.9. The van der Waals surface area contributed by atoms with Crippen LogP contribution in [0.5, 0.6) is 0 Å². The molecule has 0 aliphatic rings. The van der Waals surface area contributed by atoms with Crippen LogP contribution in [0.3, 0.4) is 0 Å². The topological polar surface area (TPSA) is 77.9 Å². The van der Waals surface area contributed by atoms with Gasteiger partial charge in [0.05, 0.1) is 0 Å². The average molecular weight is 271 g/mol. The Kier molecular flexibility index (Phi) is 3.60. The van der Waals surface area contributed by atoms with Gasteiger partial charge in [0.15, 0.2) is 15.2 Å². The number of halogens is 1. The van der Waals surface area contributed by atoms with Crippen LogP contribution in [0.2, 0.25) is 5.15 Å². The fourth-order valence-corrected chi connectivity index (χ4v) is 1.83. The molecule has 8 heteroatoms. The van der Waals surface area contributed by atoms with Crippen molar-refractivity contribution in [3.63, 3.8) is 0 Å². The van der Waals surface area contributed by atoms with E-state index in [9.17, 15) is 4.79 Å². The van der Waals surface area contributed by atoms with Crippen molar-refractivity contribution in [3.8, 4) is 10.7 Å². The monoisotopic (exact) mass is 270 g/mol. The summed E-state index contributed by atoms with van der Waals surface area (Å²) >= 11 is 6.91. The van der Waals surface area contributed by atoms with Gasteiger partial charge in [0, 0.05) is 6.92 Å². The number of aromatic nitrogens is 4. The molecule has 0 atom stereocenters. The number of esters is 1. The van der Waals surface area contributed by atoms with E-state index < -0.39 is 0 Å². The maximum absolute atomic E-state index is 10.6. The highest BCUT2D eigenvalue weighted by atomic mass is 35.5.